The zero-order valence-corrected chi connectivity index (χ0v) is 11.8. The predicted molar refractivity (Wildman–Crippen MR) is 83.1 cm³/mol. The summed E-state index contributed by atoms with van der Waals surface area (Å²) in [5.41, 5.74) is 8.90. The first-order valence-electron chi connectivity index (χ1n) is 6.95. The molecule has 4 heteroatoms. The summed E-state index contributed by atoms with van der Waals surface area (Å²) in [5, 5.41) is 3.35. The van der Waals surface area contributed by atoms with Crippen LogP contribution in [0.1, 0.15) is 18.9 Å². The number of rotatable bonds is 7. The fraction of sp³-hybridized carbons (Fsp3) is 0.312. The molecule has 0 aliphatic heterocycles. The van der Waals surface area contributed by atoms with Gasteiger partial charge in [0.25, 0.3) is 0 Å². The van der Waals surface area contributed by atoms with Crippen LogP contribution in [0.4, 0.5) is 11.4 Å². The molecule has 0 aliphatic carbocycles. The van der Waals surface area contributed by atoms with Crippen molar-refractivity contribution in [1.82, 2.24) is 4.98 Å². The van der Waals surface area contributed by atoms with Crippen molar-refractivity contribution in [3.8, 4) is 5.75 Å². The Balaban J connectivity index is 1.92. The van der Waals surface area contributed by atoms with Crippen molar-refractivity contribution >= 4 is 11.4 Å². The number of hydrogen-bond acceptors (Lipinski definition) is 4. The van der Waals surface area contributed by atoms with Crippen LogP contribution in [-0.4, -0.2) is 18.1 Å². The van der Waals surface area contributed by atoms with E-state index in [1.807, 2.05) is 30.5 Å². The van der Waals surface area contributed by atoms with E-state index in [4.69, 9.17) is 10.5 Å². The summed E-state index contributed by atoms with van der Waals surface area (Å²) >= 11 is 0. The van der Waals surface area contributed by atoms with Crippen LogP contribution in [0.5, 0.6) is 5.75 Å². The summed E-state index contributed by atoms with van der Waals surface area (Å²) in [6.07, 6.45) is 5.54. The summed E-state index contributed by atoms with van der Waals surface area (Å²) in [6, 6.07) is 9.84. The summed E-state index contributed by atoms with van der Waals surface area (Å²) in [5.74, 6) is 0.748. The van der Waals surface area contributed by atoms with Crippen molar-refractivity contribution in [2.75, 3.05) is 24.2 Å². The van der Waals surface area contributed by atoms with Gasteiger partial charge >= 0.3 is 0 Å². The van der Waals surface area contributed by atoms with Gasteiger partial charge in [0, 0.05) is 18.9 Å². The maximum absolute atomic E-state index is 6.10. The second-order valence-electron chi connectivity index (χ2n) is 4.60. The van der Waals surface area contributed by atoms with Gasteiger partial charge in [0.05, 0.1) is 18.0 Å². The first-order chi connectivity index (χ1) is 9.81. The lowest BCUT2D eigenvalue weighted by Crippen LogP contribution is -2.08. The highest BCUT2D eigenvalue weighted by Crippen LogP contribution is 2.29. The molecule has 3 N–H and O–H groups in total. The Morgan fingerprint density at radius 1 is 1.25 bits per heavy atom. The largest absolute Gasteiger partial charge is 0.491 e. The van der Waals surface area contributed by atoms with Gasteiger partial charge in [0.15, 0.2) is 0 Å². The van der Waals surface area contributed by atoms with Gasteiger partial charge in [-0.25, -0.2) is 0 Å². The van der Waals surface area contributed by atoms with Crippen molar-refractivity contribution in [3.05, 3.63) is 48.3 Å². The van der Waals surface area contributed by atoms with Gasteiger partial charge in [-0.15, -0.1) is 0 Å². The highest BCUT2D eigenvalue weighted by molar-refractivity contribution is 5.72. The van der Waals surface area contributed by atoms with E-state index in [2.05, 4.69) is 23.3 Å². The third-order valence-electron chi connectivity index (χ3n) is 2.98. The lowest BCUT2D eigenvalue weighted by atomic mass is 10.2. The van der Waals surface area contributed by atoms with Gasteiger partial charge in [0.2, 0.25) is 0 Å². The first kappa shape index (κ1) is 14.2. The molecule has 0 saturated carbocycles. The van der Waals surface area contributed by atoms with Crippen molar-refractivity contribution in [3.63, 3.8) is 0 Å². The summed E-state index contributed by atoms with van der Waals surface area (Å²) in [7, 11) is 0. The standard InChI is InChI=1S/C16H21N3O/c1-2-11-20-15-7-3-6-14(16(15)17)19-10-8-13-5-4-9-18-12-13/h3-7,9,12,19H,2,8,10-11,17H2,1H3. The van der Waals surface area contributed by atoms with E-state index in [0.29, 0.717) is 12.3 Å². The molecule has 0 bridgehead atoms. The van der Waals surface area contributed by atoms with Crippen LogP contribution in [0, 0.1) is 0 Å². The molecule has 0 unspecified atom stereocenters. The van der Waals surface area contributed by atoms with Crippen molar-refractivity contribution in [2.24, 2.45) is 0 Å². The minimum absolute atomic E-state index is 0.673. The van der Waals surface area contributed by atoms with Crippen molar-refractivity contribution < 1.29 is 4.74 Å². The number of anilines is 2. The predicted octanol–water partition coefficient (Wildman–Crippen LogP) is 3.11. The van der Waals surface area contributed by atoms with E-state index in [9.17, 15) is 0 Å². The number of pyridine rings is 1. The van der Waals surface area contributed by atoms with Crippen LogP contribution >= 0.6 is 0 Å². The molecule has 20 heavy (non-hydrogen) atoms. The number of nitrogens with zero attached hydrogens (tertiary/aromatic N) is 1. The molecule has 1 aromatic heterocycles. The van der Waals surface area contributed by atoms with Gasteiger partial charge in [-0.3, -0.25) is 4.98 Å². The maximum Gasteiger partial charge on any atom is 0.144 e. The van der Waals surface area contributed by atoms with Crippen LogP contribution < -0.4 is 15.8 Å². The molecule has 0 saturated heterocycles. The molecular formula is C16H21N3O. The zero-order chi connectivity index (χ0) is 14.2. The molecule has 2 aromatic rings. The third-order valence-corrected chi connectivity index (χ3v) is 2.98. The second-order valence-corrected chi connectivity index (χ2v) is 4.60. The Labute approximate surface area is 120 Å². The highest BCUT2D eigenvalue weighted by Gasteiger charge is 2.05. The summed E-state index contributed by atoms with van der Waals surface area (Å²) in [6.45, 7) is 3.57. The fourth-order valence-electron chi connectivity index (χ4n) is 1.92. The smallest absolute Gasteiger partial charge is 0.144 e. The average Bonchev–Trinajstić information content (AvgIpc) is 2.49. The van der Waals surface area contributed by atoms with Crippen LogP contribution in [0.3, 0.4) is 0 Å². The van der Waals surface area contributed by atoms with Gasteiger partial charge in [-0.2, -0.15) is 0 Å². The number of ether oxygens (including phenoxy) is 1. The number of nitrogen functional groups attached to an aromatic ring is 1. The number of para-hydroxylation sites is 1. The number of hydrogen-bond donors (Lipinski definition) is 2. The van der Waals surface area contributed by atoms with Crippen LogP contribution in [0.15, 0.2) is 42.7 Å². The van der Waals surface area contributed by atoms with E-state index in [1.165, 1.54) is 5.56 Å². The molecule has 1 aromatic carbocycles. The molecule has 1 heterocycles. The van der Waals surface area contributed by atoms with Crippen LogP contribution in [0.25, 0.3) is 0 Å². The Kier molecular flexibility index (Phi) is 5.24. The van der Waals surface area contributed by atoms with Crippen LogP contribution in [0.2, 0.25) is 0 Å². The van der Waals surface area contributed by atoms with E-state index in [0.717, 1.165) is 30.8 Å². The molecule has 0 fully saturated rings. The molecule has 0 spiro atoms. The lowest BCUT2D eigenvalue weighted by Gasteiger charge is -2.13. The first-order valence-corrected chi connectivity index (χ1v) is 6.95. The molecule has 0 radical (unpaired) electrons. The Bertz CT molecular complexity index is 529. The second kappa shape index (κ2) is 7.38. The minimum Gasteiger partial charge on any atom is -0.491 e. The molecule has 0 atom stereocenters. The van der Waals surface area contributed by atoms with Gasteiger partial charge in [-0.1, -0.05) is 19.1 Å². The van der Waals surface area contributed by atoms with Gasteiger partial charge < -0.3 is 15.8 Å². The van der Waals surface area contributed by atoms with Gasteiger partial charge in [0.1, 0.15) is 5.75 Å². The minimum atomic E-state index is 0.673. The van der Waals surface area contributed by atoms with E-state index < -0.39 is 0 Å². The maximum atomic E-state index is 6.10. The normalized spacial score (nSPS) is 10.2. The monoisotopic (exact) mass is 271 g/mol. The van der Waals surface area contributed by atoms with E-state index in [1.54, 1.807) is 6.20 Å². The summed E-state index contributed by atoms with van der Waals surface area (Å²) < 4.78 is 5.62. The molecular weight excluding hydrogens is 250 g/mol. The summed E-state index contributed by atoms with van der Waals surface area (Å²) in [4.78, 5) is 4.10. The third kappa shape index (κ3) is 3.88. The zero-order valence-electron chi connectivity index (χ0n) is 11.8. The molecule has 0 aliphatic rings. The topological polar surface area (TPSA) is 60.2 Å². The Morgan fingerprint density at radius 3 is 2.90 bits per heavy atom. The quantitative estimate of drug-likeness (QED) is 0.760. The number of nitrogens with one attached hydrogen (secondary N) is 1. The Morgan fingerprint density at radius 2 is 2.15 bits per heavy atom. The van der Waals surface area contributed by atoms with Gasteiger partial charge in [-0.05, 0) is 36.6 Å². The number of aromatic nitrogens is 1. The highest BCUT2D eigenvalue weighted by atomic mass is 16.5. The van der Waals surface area contributed by atoms with E-state index >= 15 is 0 Å². The SMILES string of the molecule is CCCOc1cccc(NCCc2cccnc2)c1N. The Hall–Kier alpha value is -2.23. The molecule has 0 amide bonds. The average molecular weight is 271 g/mol. The molecule has 106 valence electrons. The van der Waals surface area contributed by atoms with Crippen molar-refractivity contribution in [2.45, 2.75) is 19.8 Å². The molecule has 4 nitrogen and oxygen atoms in total. The molecule has 2 rings (SSSR count). The van der Waals surface area contributed by atoms with E-state index in [-0.39, 0.29) is 0 Å². The van der Waals surface area contributed by atoms with Crippen molar-refractivity contribution in [1.29, 1.82) is 0 Å². The van der Waals surface area contributed by atoms with Crippen LogP contribution in [-0.2, 0) is 6.42 Å². The number of benzene rings is 1. The number of nitrogens with two attached hydrogens (primary N) is 1. The fourth-order valence-corrected chi connectivity index (χ4v) is 1.92. The lowest BCUT2D eigenvalue weighted by molar-refractivity contribution is 0.319.